The second-order valence-electron chi connectivity index (χ2n) is 16.7. The summed E-state index contributed by atoms with van der Waals surface area (Å²) in [5.74, 6) is -0.266. The molecule has 0 heterocycles. The lowest BCUT2D eigenvalue weighted by atomic mass is 10.0. The third kappa shape index (κ3) is 40.7. The molecule has 0 aliphatic heterocycles. The van der Waals surface area contributed by atoms with Gasteiger partial charge in [0.2, 0.25) is 5.91 Å². The highest BCUT2D eigenvalue weighted by Gasteiger charge is 2.23. The smallest absolute Gasteiger partial charge is 0.268 e. The van der Waals surface area contributed by atoms with Gasteiger partial charge in [0.05, 0.1) is 39.9 Å². The zero-order valence-electron chi connectivity index (χ0n) is 36.6. The second-order valence-corrected chi connectivity index (χ2v) is 18.2. The molecule has 324 valence electrons. The fourth-order valence-electron chi connectivity index (χ4n) is 6.46. The maximum Gasteiger partial charge on any atom is 0.268 e. The quantitative estimate of drug-likeness (QED) is 0.0276. The number of unbranched alkanes of at least 4 members (excludes halogenated alkanes) is 24. The standard InChI is InChI=1S/C46H89N2O6P/c1-6-8-9-10-11-12-13-14-15-16-17-18-19-20-21-22-23-24-25-26-27-28-29-30-31-32-33-34-35-36-37-38-40-45(49)44(47-46(50)39-7-2)43-54-55(51,52)53-42-41-48(3,4)5/h30-31,34-35,38,40,44-45,49H,6-29,32-33,36-37,39,41-43H2,1-5H3,(H-,47,50,51,52)/b31-30+,35-34+,40-38+. The summed E-state index contributed by atoms with van der Waals surface area (Å²) in [6, 6.07) is -0.902. The molecule has 0 rings (SSSR count). The molecule has 0 aromatic carbocycles. The molecule has 0 aromatic heterocycles. The van der Waals surface area contributed by atoms with Gasteiger partial charge in [-0.3, -0.25) is 9.36 Å². The minimum Gasteiger partial charge on any atom is -0.756 e. The van der Waals surface area contributed by atoms with E-state index in [2.05, 4.69) is 36.5 Å². The number of aliphatic hydroxyl groups excluding tert-OH is 1. The molecule has 0 radical (unpaired) electrons. The van der Waals surface area contributed by atoms with Crippen LogP contribution >= 0.6 is 7.82 Å². The lowest BCUT2D eigenvalue weighted by Gasteiger charge is -2.29. The molecule has 3 atom stereocenters. The number of carbonyl (C=O) groups excluding carboxylic acids is 1. The monoisotopic (exact) mass is 797 g/mol. The Kier molecular flexibility index (Phi) is 37.4. The Morgan fingerprint density at radius 1 is 0.618 bits per heavy atom. The number of nitrogens with one attached hydrogen (secondary N) is 1. The van der Waals surface area contributed by atoms with Gasteiger partial charge in [0.1, 0.15) is 13.2 Å². The van der Waals surface area contributed by atoms with Gasteiger partial charge in [0.25, 0.3) is 7.82 Å². The first-order valence-electron chi connectivity index (χ1n) is 22.9. The van der Waals surface area contributed by atoms with E-state index < -0.39 is 26.6 Å². The van der Waals surface area contributed by atoms with E-state index in [4.69, 9.17) is 9.05 Å². The summed E-state index contributed by atoms with van der Waals surface area (Å²) in [5, 5.41) is 13.4. The van der Waals surface area contributed by atoms with E-state index >= 15 is 0 Å². The van der Waals surface area contributed by atoms with Crippen molar-refractivity contribution in [2.24, 2.45) is 0 Å². The van der Waals surface area contributed by atoms with Crippen LogP contribution in [-0.4, -0.2) is 68.5 Å². The summed E-state index contributed by atoms with van der Waals surface area (Å²) < 4.78 is 22.7. The lowest BCUT2D eigenvalue weighted by Crippen LogP contribution is -2.45. The molecule has 0 spiro atoms. The highest BCUT2D eigenvalue weighted by atomic mass is 31.2. The summed E-state index contributed by atoms with van der Waals surface area (Å²) >= 11 is 0. The van der Waals surface area contributed by atoms with Gasteiger partial charge in [-0.15, -0.1) is 0 Å². The second kappa shape index (κ2) is 38.2. The number of quaternary nitrogens is 1. The maximum atomic E-state index is 12.2. The number of allylic oxidation sites excluding steroid dienone is 5. The van der Waals surface area contributed by atoms with E-state index in [1.54, 1.807) is 6.08 Å². The van der Waals surface area contributed by atoms with E-state index in [9.17, 15) is 19.4 Å². The molecule has 0 bridgehead atoms. The van der Waals surface area contributed by atoms with Crippen LogP contribution in [0.15, 0.2) is 36.5 Å². The van der Waals surface area contributed by atoms with Crippen LogP contribution in [0.5, 0.6) is 0 Å². The molecule has 3 unspecified atom stereocenters. The number of carbonyl (C=O) groups is 1. The molecule has 2 N–H and O–H groups in total. The summed E-state index contributed by atoms with van der Waals surface area (Å²) in [4.78, 5) is 24.4. The number of phosphoric acid groups is 1. The van der Waals surface area contributed by atoms with Crippen molar-refractivity contribution < 1.29 is 32.9 Å². The van der Waals surface area contributed by atoms with Gasteiger partial charge >= 0.3 is 0 Å². The summed E-state index contributed by atoms with van der Waals surface area (Å²) in [6.45, 7) is 4.25. The minimum atomic E-state index is -4.57. The zero-order chi connectivity index (χ0) is 40.7. The lowest BCUT2D eigenvalue weighted by molar-refractivity contribution is -0.870. The van der Waals surface area contributed by atoms with Gasteiger partial charge in [0.15, 0.2) is 0 Å². The van der Waals surface area contributed by atoms with Gasteiger partial charge in [-0.2, -0.15) is 0 Å². The Balaban J connectivity index is 3.81. The molecular weight excluding hydrogens is 707 g/mol. The normalized spacial score (nSPS) is 14.7. The van der Waals surface area contributed by atoms with Gasteiger partial charge in [-0.05, 0) is 44.9 Å². The van der Waals surface area contributed by atoms with Crippen molar-refractivity contribution in [2.45, 2.75) is 212 Å². The molecule has 0 aliphatic carbocycles. The number of nitrogens with zero attached hydrogens (tertiary/aromatic N) is 1. The minimum absolute atomic E-state index is 0.0108. The molecule has 1 amide bonds. The molecular formula is C46H89N2O6P. The number of amides is 1. The van der Waals surface area contributed by atoms with Crippen LogP contribution in [0.2, 0.25) is 0 Å². The maximum absolute atomic E-state index is 12.2. The van der Waals surface area contributed by atoms with E-state index in [0.29, 0.717) is 17.4 Å². The van der Waals surface area contributed by atoms with Crippen molar-refractivity contribution >= 4 is 13.7 Å². The molecule has 9 heteroatoms. The average Bonchev–Trinajstić information content (AvgIpc) is 3.13. The third-order valence-corrected chi connectivity index (χ3v) is 11.0. The van der Waals surface area contributed by atoms with Crippen molar-refractivity contribution in [3.8, 4) is 0 Å². The van der Waals surface area contributed by atoms with Gasteiger partial charge in [0, 0.05) is 6.42 Å². The van der Waals surface area contributed by atoms with Crippen LogP contribution in [0.25, 0.3) is 0 Å². The first-order chi connectivity index (χ1) is 26.5. The van der Waals surface area contributed by atoms with Crippen LogP contribution in [0.4, 0.5) is 0 Å². The summed E-state index contributed by atoms with van der Waals surface area (Å²) in [6.07, 6.45) is 48.3. The SMILES string of the molecule is CCCCCCCCCCCCCCCCCCCCCCCC/C=C/CC/C=C/CC/C=C/C(O)C(COP(=O)([O-])OCC[N+](C)(C)C)NC(=O)CCC. The molecule has 55 heavy (non-hydrogen) atoms. The number of hydrogen-bond donors (Lipinski definition) is 2. The van der Waals surface area contributed by atoms with Crippen LogP contribution in [0.1, 0.15) is 200 Å². The van der Waals surface area contributed by atoms with Crippen LogP contribution in [-0.2, 0) is 18.4 Å². The van der Waals surface area contributed by atoms with Gasteiger partial charge < -0.3 is 28.8 Å². The fraction of sp³-hybridized carbons (Fsp3) is 0.848. The Morgan fingerprint density at radius 3 is 1.44 bits per heavy atom. The Morgan fingerprint density at radius 2 is 1.02 bits per heavy atom. The van der Waals surface area contributed by atoms with Gasteiger partial charge in [-0.25, -0.2) is 0 Å². The molecule has 0 saturated carbocycles. The topological polar surface area (TPSA) is 108 Å². The van der Waals surface area contributed by atoms with Crippen LogP contribution in [0.3, 0.4) is 0 Å². The van der Waals surface area contributed by atoms with Crippen molar-refractivity contribution in [3.63, 3.8) is 0 Å². The van der Waals surface area contributed by atoms with E-state index in [1.807, 2.05) is 34.1 Å². The van der Waals surface area contributed by atoms with Crippen LogP contribution < -0.4 is 10.2 Å². The summed E-state index contributed by atoms with van der Waals surface area (Å²) in [7, 11) is 1.23. The van der Waals surface area contributed by atoms with E-state index in [1.165, 1.54) is 148 Å². The van der Waals surface area contributed by atoms with Gasteiger partial charge in [-0.1, -0.05) is 185 Å². The fourth-order valence-corrected chi connectivity index (χ4v) is 7.19. The molecule has 0 aliphatic rings. The number of phosphoric ester groups is 1. The number of hydrogen-bond acceptors (Lipinski definition) is 6. The Labute approximate surface area is 340 Å². The van der Waals surface area contributed by atoms with Crippen molar-refractivity contribution in [3.05, 3.63) is 36.5 Å². The number of rotatable bonds is 41. The molecule has 0 saturated heterocycles. The third-order valence-electron chi connectivity index (χ3n) is 10.1. The van der Waals surface area contributed by atoms with Crippen molar-refractivity contribution in [1.29, 1.82) is 0 Å². The Hall–Kier alpha value is -1.28. The zero-order valence-corrected chi connectivity index (χ0v) is 37.5. The average molecular weight is 797 g/mol. The Bertz CT molecular complexity index is 995. The molecule has 0 fully saturated rings. The van der Waals surface area contributed by atoms with E-state index in [-0.39, 0.29) is 18.9 Å². The first kappa shape index (κ1) is 53.7. The van der Waals surface area contributed by atoms with Crippen LogP contribution in [0, 0.1) is 0 Å². The number of aliphatic hydroxyl groups is 1. The molecule has 8 nitrogen and oxygen atoms in total. The highest BCUT2D eigenvalue weighted by molar-refractivity contribution is 7.45. The number of likely N-dealkylation sites (N-methyl/N-ethyl adjacent to an activating group) is 1. The van der Waals surface area contributed by atoms with Crippen molar-refractivity contribution in [1.82, 2.24) is 5.32 Å². The first-order valence-corrected chi connectivity index (χ1v) is 24.3. The van der Waals surface area contributed by atoms with E-state index in [0.717, 1.165) is 25.7 Å². The highest BCUT2D eigenvalue weighted by Crippen LogP contribution is 2.38. The molecule has 0 aromatic rings. The predicted molar refractivity (Wildman–Crippen MR) is 233 cm³/mol. The summed E-state index contributed by atoms with van der Waals surface area (Å²) in [5.41, 5.74) is 0. The largest absolute Gasteiger partial charge is 0.756 e. The van der Waals surface area contributed by atoms with Crippen molar-refractivity contribution in [2.75, 3.05) is 40.9 Å². The predicted octanol–water partition coefficient (Wildman–Crippen LogP) is 12.1.